The minimum Gasteiger partial charge on any atom is -0.465 e. The summed E-state index contributed by atoms with van der Waals surface area (Å²) in [5.41, 5.74) is 0.0284. The van der Waals surface area contributed by atoms with Crippen molar-refractivity contribution in [3.63, 3.8) is 0 Å². The lowest BCUT2D eigenvalue weighted by Crippen LogP contribution is -2.40. The molecule has 1 aromatic rings. The molecule has 0 saturated heterocycles. The average Bonchev–Trinajstić information content (AvgIpc) is 2.61. The first-order valence-electron chi connectivity index (χ1n) is 8.74. The standard InChI is InChI=1S/C19H23NO8/c1-5-27-18(23)15(11(3)21)17(16(12(4)22)19(24)28-6-2)13-7-9-14(10-8-13)20(25)26/h7-10,15-17H,5-6H2,1-4H3/t15-,16+,17?. The van der Waals surface area contributed by atoms with Crippen LogP contribution in [0.5, 0.6) is 0 Å². The quantitative estimate of drug-likeness (QED) is 0.256. The number of rotatable bonds is 10. The zero-order chi connectivity index (χ0) is 21.4. The molecule has 28 heavy (non-hydrogen) atoms. The molecule has 1 unspecified atom stereocenters. The Morgan fingerprint density at radius 1 is 0.893 bits per heavy atom. The van der Waals surface area contributed by atoms with Crippen LogP contribution in [0.2, 0.25) is 0 Å². The predicted octanol–water partition coefficient (Wildman–Crippen LogP) is 2.21. The van der Waals surface area contributed by atoms with Crippen molar-refractivity contribution in [2.45, 2.75) is 33.6 Å². The van der Waals surface area contributed by atoms with Gasteiger partial charge >= 0.3 is 11.9 Å². The molecule has 1 rings (SSSR count). The summed E-state index contributed by atoms with van der Waals surface area (Å²) in [6.07, 6.45) is 0. The second-order valence-electron chi connectivity index (χ2n) is 6.06. The smallest absolute Gasteiger partial charge is 0.317 e. The van der Waals surface area contributed by atoms with Crippen LogP contribution < -0.4 is 0 Å². The number of carbonyl (C=O) groups excluding carboxylic acids is 4. The molecular weight excluding hydrogens is 370 g/mol. The van der Waals surface area contributed by atoms with Crippen LogP contribution in [0.1, 0.15) is 39.2 Å². The van der Waals surface area contributed by atoms with Gasteiger partial charge in [-0.25, -0.2) is 0 Å². The van der Waals surface area contributed by atoms with Crippen molar-refractivity contribution in [1.82, 2.24) is 0 Å². The van der Waals surface area contributed by atoms with Crippen molar-refractivity contribution in [1.29, 1.82) is 0 Å². The second kappa shape index (κ2) is 10.3. The molecule has 0 radical (unpaired) electrons. The Morgan fingerprint density at radius 3 is 1.57 bits per heavy atom. The van der Waals surface area contributed by atoms with E-state index in [0.29, 0.717) is 0 Å². The Hall–Kier alpha value is -3.10. The van der Waals surface area contributed by atoms with Crippen LogP contribution in [0.15, 0.2) is 24.3 Å². The number of ketones is 2. The van der Waals surface area contributed by atoms with E-state index in [1.807, 2.05) is 0 Å². The van der Waals surface area contributed by atoms with E-state index in [4.69, 9.17) is 9.47 Å². The highest BCUT2D eigenvalue weighted by Crippen LogP contribution is 2.36. The molecule has 0 saturated carbocycles. The highest BCUT2D eigenvalue weighted by atomic mass is 16.6. The second-order valence-corrected chi connectivity index (χ2v) is 6.06. The molecule has 0 spiro atoms. The Balaban J connectivity index is 3.60. The molecule has 0 N–H and O–H groups in total. The summed E-state index contributed by atoms with van der Waals surface area (Å²) in [6, 6.07) is 4.97. The van der Waals surface area contributed by atoms with Crippen molar-refractivity contribution < 1.29 is 33.6 Å². The number of esters is 2. The van der Waals surface area contributed by atoms with Gasteiger partial charge < -0.3 is 9.47 Å². The van der Waals surface area contributed by atoms with Gasteiger partial charge in [-0.3, -0.25) is 29.3 Å². The van der Waals surface area contributed by atoms with Crippen LogP contribution >= 0.6 is 0 Å². The van der Waals surface area contributed by atoms with E-state index in [0.717, 1.165) is 13.8 Å². The summed E-state index contributed by atoms with van der Waals surface area (Å²) in [4.78, 5) is 59.8. The Kier molecular flexibility index (Phi) is 8.43. The van der Waals surface area contributed by atoms with Gasteiger partial charge in [-0.2, -0.15) is 0 Å². The number of benzene rings is 1. The van der Waals surface area contributed by atoms with Crippen LogP contribution in [0, 0.1) is 22.0 Å². The maximum atomic E-state index is 12.5. The predicted molar refractivity (Wildman–Crippen MR) is 97.4 cm³/mol. The average molecular weight is 393 g/mol. The Morgan fingerprint density at radius 2 is 1.29 bits per heavy atom. The topological polar surface area (TPSA) is 130 Å². The first-order chi connectivity index (χ1) is 13.1. The van der Waals surface area contributed by atoms with Crippen molar-refractivity contribution >= 4 is 29.2 Å². The molecule has 0 bridgehead atoms. The fourth-order valence-corrected chi connectivity index (χ4v) is 2.99. The third-order valence-corrected chi connectivity index (χ3v) is 4.16. The summed E-state index contributed by atoms with van der Waals surface area (Å²) in [5.74, 6) is -7.06. The number of Topliss-reactive ketones (excluding diaryl/α,β-unsaturated/α-hetero) is 2. The molecule has 0 amide bonds. The Labute approximate surface area is 162 Å². The molecule has 1 aromatic carbocycles. The molecule has 0 fully saturated rings. The van der Waals surface area contributed by atoms with Gasteiger partial charge in [-0.05, 0) is 33.3 Å². The number of nitro groups is 1. The summed E-state index contributed by atoms with van der Waals surface area (Å²) in [5, 5.41) is 10.9. The van der Waals surface area contributed by atoms with Gasteiger partial charge in [-0.15, -0.1) is 0 Å². The molecule has 9 nitrogen and oxygen atoms in total. The molecule has 0 heterocycles. The first kappa shape index (κ1) is 22.9. The van der Waals surface area contributed by atoms with Gasteiger partial charge in [0.2, 0.25) is 0 Å². The van der Waals surface area contributed by atoms with Gasteiger partial charge in [0.25, 0.3) is 5.69 Å². The van der Waals surface area contributed by atoms with Gasteiger partial charge in [0, 0.05) is 18.1 Å². The zero-order valence-electron chi connectivity index (χ0n) is 16.2. The molecule has 0 aliphatic heterocycles. The molecule has 0 aliphatic carbocycles. The van der Waals surface area contributed by atoms with Crippen LogP contribution in [0.25, 0.3) is 0 Å². The summed E-state index contributed by atoms with van der Waals surface area (Å²) in [7, 11) is 0. The monoisotopic (exact) mass is 393 g/mol. The van der Waals surface area contributed by atoms with E-state index >= 15 is 0 Å². The fraction of sp³-hybridized carbons (Fsp3) is 0.474. The van der Waals surface area contributed by atoms with Crippen LogP contribution in [-0.2, 0) is 28.7 Å². The SMILES string of the molecule is CCOC(=O)[C@@H](C(C)=O)C(c1ccc([N+](=O)[O-])cc1)[C@@H](C(C)=O)C(=O)OCC. The minimum absolute atomic E-state index is 0.000259. The lowest BCUT2D eigenvalue weighted by Gasteiger charge is -2.29. The van der Waals surface area contributed by atoms with E-state index < -0.39 is 46.2 Å². The van der Waals surface area contributed by atoms with Crippen LogP contribution in [0.3, 0.4) is 0 Å². The highest BCUT2D eigenvalue weighted by molar-refractivity contribution is 6.04. The van der Waals surface area contributed by atoms with Crippen LogP contribution in [-0.4, -0.2) is 41.6 Å². The van der Waals surface area contributed by atoms with Crippen molar-refractivity contribution in [2.24, 2.45) is 11.8 Å². The van der Waals surface area contributed by atoms with E-state index in [1.54, 1.807) is 13.8 Å². The number of non-ortho nitro benzene ring substituents is 1. The van der Waals surface area contributed by atoms with E-state index in [1.165, 1.54) is 24.3 Å². The van der Waals surface area contributed by atoms with Gasteiger partial charge in [0.05, 0.1) is 18.1 Å². The van der Waals surface area contributed by atoms with E-state index in [-0.39, 0.29) is 24.5 Å². The molecule has 0 aromatic heterocycles. The number of nitrogens with zero attached hydrogens (tertiary/aromatic N) is 1. The first-order valence-corrected chi connectivity index (χ1v) is 8.74. The third-order valence-electron chi connectivity index (χ3n) is 4.16. The third kappa shape index (κ3) is 5.45. The number of hydrogen-bond donors (Lipinski definition) is 0. The van der Waals surface area contributed by atoms with Gasteiger partial charge in [0.15, 0.2) is 0 Å². The lowest BCUT2D eigenvalue weighted by atomic mass is 9.73. The maximum Gasteiger partial charge on any atom is 0.317 e. The molecular formula is C19H23NO8. The summed E-state index contributed by atoms with van der Waals surface area (Å²) < 4.78 is 9.94. The molecule has 9 heteroatoms. The molecule has 152 valence electrons. The highest BCUT2D eigenvalue weighted by Gasteiger charge is 2.45. The van der Waals surface area contributed by atoms with Gasteiger partial charge in [-0.1, -0.05) is 12.1 Å². The zero-order valence-corrected chi connectivity index (χ0v) is 16.2. The number of carbonyl (C=O) groups is 4. The van der Waals surface area contributed by atoms with Gasteiger partial charge in [0.1, 0.15) is 23.4 Å². The lowest BCUT2D eigenvalue weighted by molar-refractivity contribution is -0.384. The van der Waals surface area contributed by atoms with Crippen LogP contribution in [0.4, 0.5) is 5.69 Å². The van der Waals surface area contributed by atoms with Crippen molar-refractivity contribution in [3.05, 3.63) is 39.9 Å². The minimum atomic E-state index is -1.44. The number of nitro benzene ring substituents is 1. The summed E-state index contributed by atoms with van der Waals surface area (Å²) >= 11 is 0. The Bertz CT molecular complexity index is 720. The van der Waals surface area contributed by atoms with E-state index in [2.05, 4.69) is 0 Å². The number of ether oxygens (including phenoxy) is 2. The molecule has 3 atom stereocenters. The normalized spacial score (nSPS) is 13.7. The largest absolute Gasteiger partial charge is 0.465 e. The van der Waals surface area contributed by atoms with Crippen molar-refractivity contribution in [3.8, 4) is 0 Å². The van der Waals surface area contributed by atoms with E-state index in [9.17, 15) is 29.3 Å². The maximum absolute atomic E-state index is 12.5. The fourth-order valence-electron chi connectivity index (χ4n) is 2.99. The number of hydrogen-bond acceptors (Lipinski definition) is 8. The molecule has 0 aliphatic rings. The summed E-state index contributed by atoms with van der Waals surface area (Å²) in [6.45, 7) is 5.43. The van der Waals surface area contributed by atoms with Crippen molar-refractivity contribution in [2.75, 3.05) is 13.2 Å².